The van der Waals surface area contributed by atoms with Crippen molar-refractivity contribution in [3.8, 4) is 0 Å². The molecule has 1 N–H and O–H groups in total. The van der Waals surface area contributed by atoms with Crippen molar-refractivity contribution in [3.05, 3.63) is 17.0 Å². The summed E-state index contributed by atoms with van der Waals surface area (Å²) < 4.78 is 37.6. The number of aromatic nitrogens is 2. The Balaban J connectivity index is 2.17. The number of Topliss-reactive ketones (excluding diaryl/α,β-unsaturated/α-hetero) is 1. The third-order valence-corrected chi connectivity index (χ3v) is 3.34. The molecule has 6 heteroatoms. The fourth-order valence-corrected chi connectivity index (χ4v) is 2.54. The lowest BCUT2D eigenvalue weighted by Gasteiger charge is -2.05. The van der Waals surface area contributed by atoms with E-state index in [1.165, 1.54) is 0 Å². The van der Waals surface area contributed by atoms with Crippen molar-refractivity contribution in [2.45, 2.75) is 19.0 Å². The number of alkyl halides is 3. The Labute approximate surface area is 82.7 Å². The van der Waals surface area contributed by atoms with E-state index in [0.717, 1.165) is 0 Å². The molecule has 2 aliphatic rings. The third kappa shape index (κ3) is 0.917. The Morgan fingerprint density at radius 1 is 1.33 bits per heavy atom. The second-order valence-electron chi connectivity index (χ2n) is 4.13. The summed E-state index contributed by atoms with van der Waals surface area (Å²) in [6, 6.07) is 0. The Kier molecular flexibility index (Phi) is 1.34. The molecule has 1 aromatic rings. The zero-order valence-corrected chi connectivity index (χ0v) is 7.72. The molecule has 1 fully saturated rings. The van der Waals surface area contributed by atoms with E-state index in [4.69, 9.17) is 0 Å². The molecule has 3 atom stereocenters. The number of nitrogens with one attached hydrogen (secondary N) is 1. The highest BCUT2D eigenvalue weighted by Crippen LogP contribution is 2.62. The average molecular weight is 216 g/mol. The number of carbonyl (C=O) groups excluding carboxylic acids is 1. The first-order chi connectivity index (χ1) is 6.93. The van der Waals surface area contributed by atoms with Gasteiger partial charge in [0.1, 0.15) is 11.4 Å². The molecule has 15 heavy (non-hydrogen) atoms. The zero-order valence-electron chi connectivity index (χ0n) is 7.72. The van der Waals surface area contributed by atoms with Gasteiger partial charge < -0.3 is 0 Å². The predicted octanol–water partition coefficient (Wildman–Crippen LogP) is 1.97. The Bertz CT molecular complexity index is 462. The van der Waals surface area contributed by atoms with Crippen molar-refractivity contribution < 1.29 is 18.0 Å². The standard InChI is InChI=1S/C9H7F3N2O/c1-2-3-4(2)7(15)6-5(3)8(14-13-6)9(10,11)12/h2-4H,1H3,(H,13,14)/t2-,3?,4?/m1/s1. The van der Waals surface area contributed by atoms with E-state index in [9.17, 15) is 18.0 Å². The Morgan fingerprint density at radius 3 is 2.60 bits per heavy atom. The Hall–Kier alpha value is -1.33. The van der Waals surface area contributed by atoms with Crippen LogP contribution in [-0.2, 0) is 6.18 Å². The number of H-pyrrole nitrogens is 1. The summed E-state index contributed by atoms with van der Waals surface area (Å²) in [5, 5.41) is 5.39. The minimum absolute atomic E-state index is 0.00424. The molecule has 0 radical (unpaired) electrons. The van der Waals surface area contributed by atoms with Crippen LogP contribution in [0.25, 0.3) is 0 Å². The lowest BCUT2D eigenvalue weighted by atomic mass is 10.1. The third-order valence-electron chi connectivity index (χ3n) is 3.34. The Morgan fingerprint density at radius 2 is 2.00 bits per heavy atom. The van der Waals surface area contributed by atoms with E-state index < -0.39 is 11.9 Å². The summed E-state index contributed by atoms with van der Waals surface area (Å²) in [7, 11) is 0. The van der Waals surface area contributed by atoms with E-state index >= 15 is 0 Å². The van der Waals surface area contributed by atoms with Crippen LogP contribution in [0.5, 0.6) is 0 Å². The molecule has 0 aliphatic heterocycles. The number of aromatic amines is 1. The first-order valence-corrected chi connectivity index (χ1v) is 4.62. The van der Waals surface area contributed by atoms with Crippen LogP contribution in [0.15, 0.2) is 0 Å². The number of rotatable bonds is 0. The van der Waals surface area contributed by atoms with Crippen molar-refractivity contribution in [2.75, 3.05) is 0 Å². The highest BCUT2D eigenvalue weighted by atomic mass is 19.4. The van der Waals surface area contributed by atoms with Crippen LogP contribution in [0.4, 0.5) is 13.2 Å². The molecular formula is C9H7F3N2O. The topological polar surface area (TPSA) is 45.8 Å². The van der Waals surface area contributed by atoms with Crippen LogP contribution in [-0.4, -0.2) is 16.0 Å². The quantitative estimate of drug-likeness (QED) is 0.720. The maximum Gasteiger partial charge on any atom is 0.433 e. The lowest BCUT2D eigenvalue weighted by molar-refractivity contribution is -0.141. The number of hydrogen-bond acceptors (Lipinski definition) is 2. The second-order valence-corrected chi connectivity index (χ2v) is 4.13. The molecule has 1 aromatic heterocycles. The molecule has 0 amide bonds. The van der Waals surface area contributed by atoms with Crippen LogP contribution < -0.4 is 0 Å². The van der Waals surface area contributed by atoms with E-state index in [1.54, 1.807) is 6.92 Å². The summed E-state index contributed by atoms with van der Waals surface area (Å²) in [6.45, 7) is 1.79. The molecule has 0 aromatic carbocycles. The number of halogens is 3. The normalized spacial score (nSPS) is 32.8. The van der Waals surface area contributed by atoms with Crippen molar-refractivity contribution in [3.63, 3.8) is 0 Å². The summed E-state index contributed by atoms with van der Waals surface area (Å²) >= 11 is 0. The molecule has 1 saturated carbocycles. The van der Waals surface area contributed by atoms with Crippen LogP contribution in [0.2, 0.25) is 0 Å². The number of carbonyl (C=O) groups is 1. The monoisotopic (exact) mass is 216 g/mol. The van der Waals surface area contributed by atoms with Gasteiger partial charge in [0.05, 0.1) is 0 Å². The fraction of sp³-hybridized carbons (Fsp3) is 0.556. The van der Waals surface area contributed by atoms with Crippen LogP contribution in [0.3, 0.4) is 0 Å². The van der Waals surface area contributed by atoms with Gasteiger partial charge in [-0.15, -0.1) is 0 Å². The summed E-state index contributed by atoms with van der Waals surface area (Å²) in [5.41, 5.74) is -0.761. The average Bonchev–Trinajstić information content (AvgIpc) is 2.55. The van der Waals surface area contributed by atoms with Crippen molar-refractivity contribution in [1.29, 1.82) is 0 Å². The SMILES string of the molecule is C[C@H]1C2C(=O)c3n[nH]c(C(F)(F)F)c3C21. The van der Waals surface area contributed by atoms with Crippen molar-refractivity contribution in [2.24, 2.45) is 11.8 Å². The molecule has 80 valence electrons. The van der Waals surface area contributed by atoms with Crippen LogP contribution >= 0.6 is 0 Å². The van der Waals surface area contributed by atoms with Crippen molar-refractivity contribution in [1.82, 2.24) is 10.2 Å². The first-order valence-electron chi connectivity index (χ1n) is 4.62. The molecule has 2 unspecified atom stereocenters. The number of fused-ring (bicyclic) bond motifs is 3. The van der Waals surface area contributed by atoms with Crippen LogP contribution in [0, 0.1) is 11.8 Å². The van der Waals surface area contributed by atoms with Gasteiger partial charge in [-0.05, 0) is 5.92 Å². The predicted molar refractivity (Wildman–Crippen MR) is 43.3 cm³/mol. The highest BCUT2D eigenvalue weighted by molar-refractivity contribution is 6.05. The van der Waals surface area contributed by atoms with Gasteiger partial charge in [-0.3, -0.25) is 9.89 Å². The van der Waals surface area contributed by atoms with Gasteiger partial charge in [0, 0.05) is 17.4 Å². The zero-order chi connectivity index (χ0) is 11.0. The molecule has 0 bridgehead atoms. The minimum atomic E-state index is -4.45. The van der Waals surface area contributed by atoms with Gasteiger partial charge >= 0.3 is 6.18 Å². The van der Waals surface area contributed by atoms with E-state index in [-0.39, 0.29) is 34.8 Å². The second kappa shape index (κ2) is 2.25. The highest BCUT2D eigenvalue weighted by Gasteiger charge is 2.62. The largest absolute Gasteiger partial charge is 0.433 e. The molecule has 2 aliphatic carbocycles. The summed E-state index contributed by atoms with van der Waals surface area (Å²) in [5.74, 6) is -0.723. The minimum Gasteiger partial charge on any atom is -0.292 e. The van der Waals surface area contributed by atoms with E-state index in [2.05, 4.69) is 5.10 Å². The molecule has 3 nitrogen and oxygen atoms in total. The first kappa shape index (κ1) is 8.94. The van der Waals surface area contributed by atoms with Gasteiger partial charge in [0.2, 0.25) is 0 Å². The van der Waals surface area contributed by atoms with Gasteiger partial charge in [0.25, 0.3) is 0 Å². The van der Waals surface area contributed by atoms with Crippen LogP contribution in [0.1, 0.15) is 34.6 Å². The maximum atomic E-state index is 12.5. The number of hydrogen-bond donors (Lipinski definition) is 1. The summed E-state index contributed by atoms with van der Waals surface area (Å²) in [6.07, 6.45) is -4.45. The molecular weight excluding hydrogens is 209 g/mol. The molecule has 1 heterocycles. The van der Waals surface area contributed by atoms with Gasteiger partial charge in [-0.1, -0.05) is 6.92 Å². The maximum absolute atomic E-state index is 12.5. The van der Waals surface area contributed by atoms with E-state index in [1.807, 2.05) is 5.10 Å². The lowest BCUT2D eigenvalue weighted by Crippen LogP contribution is -2.08. The van der Waals surface area contributed by atoms with Crippen molar-refractivity contribution >= 4 is 5.78 Å². The van der Waals surface area contributed by atoms with Gasteiger partial charge in [0.15, 0.2) is 5.78 Å². The van der Waals surface area contributed by atoms with Gasteiger partial charge in [-0.25, -0.2) is 0 Å². The number of nitrogens with zero attached hydrogens (tertiary/aromatic N) is 1. The van der Waals surface area contributed by atoms with E-state index in [0.29, 0.717) is 0 Å². The molecule has 0 saturated heterocycles. The smallest absolute Gasteiger partial charge is 0.292 e. The number of ketones is 1. The molecule has 0 spiro atoms. The molecule has 3 rings (SSSR count). The fourth-order valence-electron chi connectivity index (χ4n) is 2.54. The van der Waals surface area contributed by atoms with Gasteiger partial charge in [-0.2, -0.15) is 18.3 Å². The summed E-state index contributed by atoms with van der Waals surface area (Å²) in [4.78, 5) is 11.5.